The first-order valence-electron chi connectivity index (χ1n) is 11.6. The van der Waals surface area contributed by atoms with Crippen LogP contribution >= 0.6 is 0 Å². The van der Waals surface area contributed by atoms with Crippen molar-refractivity contribution in [2.24, 2.45) is 0 Å². The number of methoxy groups -OCH3 is 1. The summed E-state index contributed by atoms with van der Waals surface area (Å²) >= 11 is 0. The number of anilines is 1. The molecule has 2 saturated heterocycles. The van der Waals surface area contributed by atoms with Gasteiger partial charge in [0.2, 0.25) is 0 Å². The number of likely N-dealkylation sites (N-methyl/N-ethyl adjacent to an activating group) is 1. The monoisotopic (exact) mass is 407 g/mol. The number of nitrogens with zero attached hydrogens (tertiary/aromatic N) is 3. The fraction of sp³-hybridized carbons (Fsp3) is 0.538. The van der Waals surface area contributed by atoms with Gasteiger partial charge in [0.05, 0.1) is 7.11 Å². The Bertz CT molecular complexity index is 807. The first-order valence-corrected chi connectivity index (χ1v) is 11.6. The van der Waals surface area contributed by atoms with Gasteiger partial charge in [0.25, 0.3) is 0 Å². The molecule has 0 aliphatic carbocycles. The molecule has 0 spiro atoms. The topological polar surface area (TPSA) is 19.0 Å². The maximum atomic E-state index is 5.76. The average Bonchev–Trinajstić information content (AvgIpc) is 2.80. The zero-order valence-electron chi connectivity index (χ0n) is 18.9. The van der Waals surface area contributed by atoms with E-state index in [2.05, 4.69) is 71.1 Å². The molecule has 2 aliphatic rings. The smallest absolute Gasteiger partial charge is 0.124 e. The van der Waals surface area contributed by atoms with E-state index in [0.29, 0.717) is 0 Å². The van der Waals surface area contributed by atoms with E-state index in [0.717, 1.165) is 37.7 Å². The van der Waals surface area contributed by atoms with Crippen molar-refractivity contribution in [1.82, 2.24) is 9.80 Å². The predicted molar refractivity (Wildman–Crippen MR) is 126 cm³/mol. The van der Waals surface area contributed by atoms with E-state index >= 15 is 0 Å². The summed E-state index contributed by atoms with van der Waals surface area (Å²) in [7, 11) is 4.04. The molecule has 4 heteroatoms. The standard InChI is InChI=1S/C26H37N3O/c1-4-22-19-23(18-21-8-6-5-7-9-21)25(20-26(22)30-3)29-12-10-24(11-13-29)28-16-14-27(2)15-17-28/h5-9,19-20,24H,4,10-18H2,1-3H3. The minimum Gasteiger partial charge on any atom is -0.496 e. The van der Waals surface area contributed by atoms with Crippen LogP contribution in [0.3, 0.4) is 0 Å². The van der Waals surface area contributed by atoms with Crippen LogP contribution in [0.15, 0.2) is 42.5 Å². The highest BCUT2D eigenvalue weighted by atomic mass is 16.5. The quantitative estimate of drug-likeness (QED) is 0.719. The van der Waals surface area contributed by atoms with Crippen LogP contribution < -0.4 is 9.64 Å². The number of piperazine rings is 1. The summed E-state index contributed by atoms with van der Waals surface area (Å²) in [5.41, 5.74) is 5.47. The zero-order chi connectivity index (χ0) is 20.9. The zero-order valence-corrected chi connectivity index (χ0v) is 18.9. The third-order valence-electron chi connectivity index (χ3n) is 6.96. The van der Waals surface area contributed by atoms with Gasteiger partial charge in [-0.25, -0.2) is 0 Å². The molecule has 2 fully saturated rings. The van der Waals surface area contributed by atoms with E-state index in [9.17, 15) is 0 Å². The molecule has 0 aromatic heterocycles. The molecule has 30 heavy (non-hydrogen) atoms. The Balaban J connectivity index is 1.52. The Morgan fingerprint density at radius 1 is 0.900 bits per heavy atom. The van der Waals surface area contributed by atoms with Gasteiger partial charge >= 0.3 is 0 Å². The number of aryl methyl sites for hydroxylation is 1. The van der Waals surface area contributed by atoms with Crippen molar-refractivity contribution >= 4 is 5.69 Å². The van der Waals surface area contributed by atoms with Gasteiger partial charge in [-0.3, -0.25) is 4.90 Å². The van der Waals surface area contributed by atoms with Crippen molar-refractivity contribution in [3.63, 3.8) is 0 Å². The van der Waals surface area contributed by atoms with Gasteiger partial charge in [0, 0.05) is 57.1 Å². The maximum absolute atomic E-state index is 5.76. The van der Waals surface area contributed by atoms with Crippen LogP contribution in [0.25, 0.3) is 0 Å². The molecule has 2 aromatic rings. The highest BCUT2D eigenvalue weighted by Gasteiger charge is 2.28. The van der Waals surface area contributed by atoms with Crippen LogP contribution in [0, 0.1) is 0 Å². The van der Waals surface area contributed by atoms with E-state index in [-0.39, 0.29) is 0 Å². The van der Waals surface area contributed by atoms with Crippen LogP contribution in [-0.2, 0) is 12.8 Å². The second-order valence-corrected chi connectivity index (χ2v) is 8.87. The number of hydrogen-bond donors (Lipinski definition) is 0. The fourth-order valence-electron chi connectivity index (χ4n) is 5.04. The molecule has 0 unspecified atom stereocenters. The molecule has 2 aromatic carbocycles. The van der Waals surface area contributed by atoms with Gasteiger partial charge in [0.1, 0.15) is 5.75 Å². The molecule has 4 rings (SSSR count). The normalized spacial score (nSPS) is 19.2. The van der Waals surface area contributed by atoms with Crippen molar-refractivity contribution in [2.75, 3.05) is 58.3 Å². The number of hydrogen-bond acceptors (Lipinski definition) is 4. The highest BCUT2D eigenvalue weighted by Crippen LogP contribution is 2.34. The summed E-state index contributed by atoms with van der Waals surface area (Å²) in [5, 5.41) is 0. The lowest BCUT2D eigenvalue weighted by Gasteiger charge is -2.43. The van der Waals surface area contributed by atoms with Crippen molar-refractivity contribution in [1.29, 1.82) is 0 Å². The summed E-state index contributed by atoms with van der Waals surface area (Å²) in [5.74, 6) is 1.03. The van der Waals surface area contributed by atoms with Gasteiger partial charge in [-0.1, -0.05) is 37.3 Å². The molecule has 2 aliphatic heterocycles. The molecule has 0 saturated carbocycles. The van der Waals surface area contributed by atoms with Gasteiger partial charge in [0.15, 0.2) is 0 Å². The van der Waals surface area contributed by atoms with Gasteiger partial charge in [-0.05, 0) is 55.5 Å². The second-order valence-electron chi connectivity index (χ2n) is 8.87. The van der Waals surface area contributed by atoms with Crippen LogP contribution in [0.1, 0.15) is 36.5 Å². The molecule has 0 bridgehead atoms. The molecule has 2 heterocycles. The van der Waals surface area contributed by atoms with Crippen molar-refractivity contribution < 1.29 is 4.74 Å². The third-order valence-corrected chi connectivity index (χ3v) is 6.96. The van der Waals surface area contributed by atoms with Crippen LogP contribution in [0.4, 0.5) is 5.69 Å². The molecule has 0 amide bonds. The fourth-order valence-corrected chi connectivity index (χ4v) is 5.04. The van der Waals surface area contributed by atoms with Crippen LogP contribution in [-0.4, -0.2) is 69.3 Å². The van der Waals surface area contributed by atoms with E-state index in [4.69, 9.17) is 4.74 Å². The lowest BCUT2D eigenvalue weighted by Crippen LogP contribution is -2.52. The first kappa shape index (κ1) is 21.2. The van der Waals surface area contributed by atoms with Gasteiger partial charge in [-0.2, -0.15) is 0 Å². The molecular weight excluding hydrogens is 370 g/mol. The lowest BCUT2D eigenvalue weighted by molar-refractivity contribution is 0.0982. The lowest BCUT2D eigenvalue weighted by atomic mass is 9.96. The minimum absolute atomic E-state index is 0.740. The van der Waals surface area contributed by atoms with E-state index < -0.39 is 0 Å². The van der Waals surface area contributed by atoms with E-state index in [1.807, 2.05) is 0 Å². The summed E-state index contributed by atoms with van der Waals surface area (Å²) in [6.45, 7) is 9.33. The summed E-state index contributed by atoms with van der Waals surface area (Å²) in [6.07, 6.45) is 4.49. The molecular formula is C26H37N3O. The Kier molecular flexibility index (Phi) is 6.96. The Labute approximate surface area is 182 Å². The van der Waals surface area contributed by atoms with Gasteiger partial charge < -0.3 is 14.5 Å². The number of ether oxygens (including phenoxy) is 1. The largest absolute Gasteiger partial charge is 0.496 e. The van der Waals surface area contributed by atoms with E-state index in [1.54, 1.807) is 7.11 Å². The highest BCUT2D eigenvalue weighted by molar-refractivity contribution is 5.61. The third kappa shape index (κ3) is 4.81. The molecule has 4 nitrogen and oxygen atoms in total. The van der Waals surface area contributed by atoms with Gasteiger partial charge in [-0.15, -0.1) is 0 Å². The Hall–Kier alpha value is -2.04. The van der Waals surface area contributed by atoms with Crippen molar-refractivity contribution in [2.45, 2.75) is 38.6 Å². The summed E-state index contributed by atoms with van der Waals surface area (Å²) in [6, 6.07) is 16.3. The molecule has 0 N–H and O–H groups in total. The van der Waals surface area contributed by atoms with E-state index in [1.165, 1.54) is 61.4 Å². The van der Waals surface area contributed by atoms with Crippen LogP contribution in [0.2, 0.25) is 0 Å². The number of piperidine rings is 1. The molecule has 162 valence electrons. The number of benzene rings is 2. The second kappa shape index (κ2) is 9.84. The predicted octanol–water partition coefficient (Wildman–Crippen LogP) is 4.06. The number of rotatable bonds is 6. The molecule has 0 atom stereocenters. The first-order chi connectivity index (χ1) is 14.7. The summed E-state index contributed by atoms with van der Waals surface area (Å²) < 4.78 is 5.76. The summed E-state index contributed by atoms with van der Waals surface area (Å²) in [4.78, 5) is 7.78. The Morgan fingerprint density at radius 2 is 1.60 bits per heavy atom. The van der Waals surface area contributed by atoms with Crippen molar-refractivity contribution in [3.8, 4) is 5.75 Å². The average molecular weight is 408 g/mol. The Morgan fingerprint density at radius 3 is 2.23 bits per heavy atom. The van der Waals surface area contributed by atoms with Crippen molar-refractivity contribution in [3.05, 3.63) is 59.2 Å². The minimum atomic E-state index is 0.740. The molecule has 0 radical (unpaired) electrons. The maximum Gasteiger partial charge on any atom is 0.124 e. The van der Waals surface area contributed by atoms with Crippen LogP contribution in [0.5, 0.6) is 5.75 Å². The SMILES string of the molecule is CCc1cc(Cc2ccccc2)c(N2CCC(N3CCN(C)CC3)CC2)cc1OC.